The maximum Gasteiger partial charge on any atom is 0.376 e. The minimum Gasteiger partial charge on any atom is -0.460 e. The highest BCUT2D eigenvalue weighted by Gasteiger charge is 2.27. The van der Waals surface area contributed by atoms with Crippen molar-refractivity contribution in [2.24, 2.45) is 5.10 Å². The minimum absolute atomic E-state index is 0.0714. The third kappa shape index (κ3) is 4.05. The smallest absolute Gasteiger partial charge is 0.376 e. The molecular weight excluding hydrogens is 348 g/mol. The molecule has 2 aromatic rings. The van der Waals surface area contributed by atoms with Gasteiger partial charge in [-0.1, -0.05) is 30.3 Å². The standard InChI is InChI=1S/C19H20N4O4/c1-2-27-19(24)18(21-20-15-10-4-6-12-17(15)23(25)26)22-13-7-9-14-8-3-5-11-16(14)22/h3-6,8,10-12,20H,2,7,9,13H2,1H3/b21-18+. The number of hydrogen-bond donors (Lipinski definition) is 1. The molecule has 0 unspecified atom stereocenters. The van der Waals surface area contributed by atoms with Crippen LogP contribution in [0, 0.1) is 10.1 Å². The molecule has 0 atom stereocenters. The van der Waals surface area contributed by atoms with Crippen LogP contribution < -0.4 is 10.3 Å². The Morgan fingerprint density at radius 1 is 1.26 bits per heavy atom. The largest absolute Gasteiger partial charge is 0.460 e. The molecule has 0 spiro atoms. The van der Waals surface area contributed by atoms with E-state index in [0.29, 0.717) is 6.54 Å². The summed E-state index contributed by atoms with van der Waals surface area (Å²) in [5.41, 5.74) is 4.75. The predicted octanol–water partition coefficient (Wildman–Crippen LogP) is 3.34. The first kappa shape index (κ1) is 18.4. The summed E-state index contributed by atoms with van der Waals surface area (Å²) >= 11 is 0. The van der Waals surface area contributed by atoms with Crippen molar-refractivity contribution in [3.05, 3.63) is 64.2 Å². The number of hydrazone groups is 1. The van der Waals surface area contributed by atoms with Crippen molar-refractivity contribution >= 4 is 28.9 Å². The minimum atomic E-state index is -0.583. The van der Waals surface area contributed by atoms with Gasteiger partial charge >= 0.3 is 5.97 Å². The third-order valence-corrected chi connectivity index (χ3v) is 4.21. The maximum absolute atomic E-state index is 12.5. The van der Waals surface area contributed by atoms with Gasteiger partial charge in [0, 0.05) is 18.3 Å². The third-order valence-electron chi connectivity index (χ3n) is 4.21. The van der Waals surface area contributed by atoms with E-state index < -0.39 is 10.9 Å². The average molecular weight is 368 g/mol. The van der Waals surface area contributed by atoms with Crippen molar-refractivity contribution in [2.75, 3.05) is 23.5 Å². The van der Waals surface area contributed by atoms with Crippen LogP contribution in [0.4, 0.5) is 17.1 Å². The van der Waals surface area contributed by atoms with Crippen LogP contribution >= 0.6 is 0 Å². The van der Waals surface area contributed by atoms with Gasteiger partial charge in [-0.05, 0) is 37.5 Å². The summed E-state index contributed by atoms with van der Waals surface area (Å²) < 4.78 is 5.15. The Bertz CT molecular complexity index is 882. The quantitative estimate of drug-likeness (QED) is 0.292. The topological polar surface area (TPSA) is 97.1 Å². The molecule has 0 bridgehead atoms. The lowest BCUT2D eigenvalue weighted by molar-refractivity contribution is -0.384. The number of rotatable bonds is 4. The molecule has 8 heteroatoms. The first-order chi connectivity index (χ1) is 13.1. The zero-order valence-corrected chi connectivity index (χ0v) is 14.9. The Kier molecular flexibility index (Phi) is 5.65. The Balaban J connectivity index is 1.97. The van der Waals surface area contributed by atoms with Gasteiger partial charge in [-0.3, -0.25) is 15.5 Å². The van der Waals surface area contributed by atoms with Gasteiger partial charge in [0.2, 0.25) is 5.84 Å². The van der Waals surface area contributed by atoms with E-state index in [0.717, 1.165) is 24.1 Å². The lowest BCUT2D eigenvalue weighted by Gasteiger charge is -2.30. The summed E-state index contributed by atoms with van der Waals surface area (Å²) in [4.78, 5) is 25.0. The number of nitrogens with one attached hydrogen (secondary N) is 1. The van der Waals surface area contributed by atoms with E-state index >= 15 is 0 Å². The second-order valence-electron chi connectivity index (χ2n) is 5.93. The molecule has 8 nitrogen and oxygen atoms in total. The monoisotopic (exact) mass is 368 g/mol. The molecule has 2 aromatic carbocycles. The maximum atomic E-state index is 12.5. The van der Waals surface area contributed by atoms with Crippen molar-refractivity contribution in [2.45, 2.75) is 19.8 Å². The van der Waals surface area contributed by atoms with Crippen LogP contribution in [0.2, 0.25) is 0 Å². The Morgan fingerprint density at radius 2 is 2.00 bits per heavy atom. The molecule has 27 heavy (non-hydrogen) atoms. The number of nitrogens with zero attached hydrogens (tertiary/aromatic N) is 3. The molecule has 1 heterocycles. The number of amidine groups is 1. The molecule has 3 rings (SSSR count). The van der Waals surface area contributed by atoms with Crippen molar-refractivity contribution in [3.63, 3.8) is 0 Å². The normalized spacial score (nSPS) is 13.7. The van der Waals surface area contributed by atoms with Crippen molar-refractivity contribution in [1.29, 1.82) is 0 Å². The van der Waals surface area contributed by atoms with Crippen LogP contribution in [0.25, 0.3) is 0 Å². The lowest BCUT2D eigenvalue weighted by Crippen LogP contribution is -2.41. The molecule has 0 aromatic heterocycles. The predicted molar refractivity (Wildman–Crippen MR) is 103 cm³/mol. The molecule has 0 aliphatic carbocycles. The van der Waals surface area contributed by atoms with Crippen LogP contribution in [0.1, 0.15) is 18.9 Å². The van der Waals surface area contributed by atoms with Crippen molar-refractivity contribution in [1.82, 2.24) is 0 Å². The van der Waals surface area contributed by atoms with E-state index in [2.05, 4.69) is 10.5 Å². The van der Waals surface area contributed by atoms with Gasteiger partial charge in [-0.15, -0.1) is 5.10 Å². The number of benzene rings is 2. The number of fused-ring (bicyclic) bond motifs is 1. The van der Waals surface area contributed by atoms with Gasteiger partial charge in [0.15, 0.2) is 0 Å². The van der Waals surface area contributed by atoms with Crippen LogP contribution in [0.15, 0.2) is 53.6 Å². The van der Waals surface area contributed by atoms with Crippen molar-refractivity contribution in [3.8, 4) is 0 Å². The van der Waals surface area contributed by atoms with Gasteiger partial charge < -0.3 is 9.64 Å². The van der Waals surface area contributed by atoms with Crippen LogP contribution in [-0.2, 0) is 16.0 Å². The number of anilines is 2. The Morgan fingerprint density at radius 3 is 2.78 bits per heavy atom. The molecule has 0 saturated carbocycles. The van der Waals surface area contributed by atoms with Gasteiger partial charge in [-0.25, -0.2) is 4.79 Å². The van der Waals surface area contributed by atoms with Gasteiger partial charge in [0.05, 0.1) is 11.5 Å². The molecule has 1 aliphatic heterocycles. The lowest BCUT2D eigenvalue weighted by atomic mass is 10.0. The molecule has 0 saturated heterocycles. The van der Waals surface area contributed by atoms with Crippen LogP contribution in [-0.4, -0.2) is 29.9 Å². The highest BCUT2D eigenvalue weighted by atomic mass is 16.6. The van der Waals surface area contributed by atoms with E-state index in [-0.39, 0.29) is 23.8 Å². The van der Waals surface area contributed by atoms with Crippen LogP contribution in [0.3, 0.4) is 0 Å². The highest BCUT2D eigenvalue weighted by Crippen LogP contribution is 2.28. The molecule has 140 valence electrons. The summed E-state index contributed by atoms with van der Waals surface area (Å²) in [6, 6.07) is 13.9. The Labute approximate surface area is 156 Å². The summed E-state index contributed by atoms with van der Waals surface area (Å²) in [6.07, 6.45) is 1.78. The van der Waals surface area contributed by atoms with E-state index in [1.54, 1.807) is 24.0 Å². The number of nitro groups is 1. The Hall–Kier alpha value is -3.42. The second-order valence-corrected chi connectivity index (χ2v) is 5.93. The number of aryl methyl sites for hydroxylation is 1. The van der Waals surface area contributed by atoms with E-state index in [4.69, 9.17) is 4.74 Å². The van der Waals surface area contributed by atoms with Crippen LogP contribution in [0.5, 0.6) is 0 Å². The van der Waals surface area contributed by atoms with E-state index in [1.165, 1.54) is 12.1 Å². The summed E-state index contributed by atoms with van der Waals surface area (Å²) in [6.45, 7) is 2.53. The average Bonchev–Trinajstić information content (AvgIpc) is 2.68. The fourth-order valence-corrected chi connectivity index (χ4v) is 3.01. The molecule has 1 N–H and O–H groups in total. The zero-order chi connectivity index (χ0) is 19.2. The first-order valence-electron chi connectivity index (χ1n) is 8.71. The summed E-state index contributed by atoms with van der Waals surface area (Å²) in [5.74, 6) is -0.512. The van der Waals surface area contributed by atoms with E-state index in [1.807, 2.05) is 24.3 Å². The summed E-state index contributed by atoms with van der Waals surface area (Å²) in [7, 11) is 0. The zero-order valence-electron chi connectivity index (χ0n) is 14.9. The number of nitro benzene ring substituents is 1. The number of para-hydroxylation sites is 3. The summed E-state index contributed by atoms with van der Waals surface area (Å²) in [5, 5.41) is 15.4. The number of hydrogen-bond acceptors (Lipinski definition) is 6. The highest BCUT2D eigenvalue weighted by molar-refractivity contribution is 6.41. The SMILES string of the molecule is CCOC(=O)/C(=N\Nc1ccccc1[N+](=O)[O-])N1CCCc2ccccc21. The molecule has 0 amide bonds. The number of carbonyl (C=O) groups excluding carboxylic acids is 1. The second kappa shape index (κ2) is 8.31. The van der Waals surface area contributed by atoms with Gasteiger partial charge in [0.25, 0.3) is 5.69 Å². The first-order valence-corrected chi connectivity index (χ1v) is 8.71. The molecule has 0 radical (unpaired) electrons. The fourth-order valence-electron chi connectivity index (χ4n) is 3.01. The van der Waals surface area contributed by atoms with Gasteiger partial charge in [-0.2, -0.15) is 0 Å². The molecular formula is C19H20N4O4. The number of carbonyl (C=O) groups is 1. The molecule has 1 aliphatic rings. The number of esters is 1. The van der Waals surface area contributed by atoms with E-state index in [9.17, 15) is 14.9 Å². The van der Waals surface area contributed by atoms with Crippen molar-refractivity contribution < 1.29 is 14.5 Å². The molecule has 0 fully saturated rings. The number of ether oxygens (including phenoxy) is 1. The van der Waals surface area contributed by atoms with Gasteiger partial charge in [0.1, 0.15) is 5.69 Å². The fraction of sp³-hybridized carbons (Fsp3) is 0.263.